The third-order valence-electron chi connectivity index (χ3n) is 2.57. The summed E-state index contributed by atoms with van der Waals surface area (Å²) in [5.41, 5.74) is 12.6. The van der Waals surface area contributed by atoms with Crippen molar-refractivity contribution < 1.29 is 4.92 Å². The Morgan fingerprint density at radius 3 is 2.50 bits per heavy atom. The lowest BCUT2D eigenvalue weighted by atomic mass is 10.0. The molecule has 0 radical (unpaired) electrons. The minimum absolute atomic E-state index is 0.00972. The van der Waals surface area contributed by atoms with Gasteiger partial charge in [0, 0.05) is 23.4 Å². The maximum Gasteiger partial charge on any atom is 0.271 e. The summed E-state index contributed by atoms with van der Waals surface area (Å²) in [6.45, 7) is 0. The standard InChI is InChI=1S/C9H11N3O2/c10-8-5-6(12(13)14)1-2-7(8)9(11)3-4-9/h1-2,5H,3-4,10-11H2. The van der Waals surface area contributed by atoms with E-state index in [2.05, 4.69) is 0 Å². The summed E-state index contributed by atoms with van der Waals surface area (Å²) >= 11 is 0. The number of anilines is 1. The van der Waals surface area contributed by atoms with Crippen LogP contribution in [0, 0.1) is 10.1 Å². The van der Waals surface area contributed by atoms with Crippen LogP contribution in [0.15, 0.2) is 18.2 Å². The Bertz CT molecular complexity index is 399. The lowest BCUT2D eigenvalue weighted by Crippen LogP contribution is -2.20. The first-order chi connectivity index (χ1) is 6.53. The van der Waals surface area contributed by atoms with Gasteiger partial charge >= 0.3 is 0 Å². The molecule has 4 N–H and O–H groups in total. The van der Waals surface area contributed by atoms with Crippen LogP contribution in [0.2, 0.25) is 0 Å². The van der Waals surface area contributed by atoms with E-state index in [9.17, 15) is 10.1 Å². The zero-order chi connectivity index (χ0) is 10.3. The van der Waals surface area contributed by atoms with Crippen LogP contribution in [0.3, 0.4) is 0 Å². The normalized spacial score (nSPS) is 17.8. The van der Waals surface area contributed by atoms with E-state index in [0.29, 0.717) is 5.69 Å². The average molecular weight is 193 g/mol. The van der Waals surface area contributed by atoms with Crippen LogP contribution < -0.4 is 11.5 Å². The van der Waals surface area contributed by atoms with Gasteiger partial charge in [-0.25, -0.2) is 0 Å². The molecule has 0 saturated heterocycles. The van der Waals surface area contributed by atoms with Crippen LogP contribution >= 0.6 is 0 Å². The molecule has 0 bridgehead atoms. The molecule has 1 saturated carbocycles. The summed E-state index contributed by atoms with van der Waals surface area (Å²) in [5, 5.41) is 10.4. The molecule has 2 rings (SSSR count). The number of nitro benzene ring substituents is 1. The number of nitrogens with two attached hydrogens (primary N) is 2. The van der Waals surface area contributed by atoms with Gasteiger partial charge in [0.05, 0.1) is 4.92 Å². The lowest BCUT2D eigenvalue weighted by Gasteiger charge is -2.11. The smallest absolute Gasteiger partial charge is 0.271 e. The van der Waals surface area contributed by atoms with Crippen LogP contribution in [-0.2, 0) is 5.54 Å². The lowest BCUT2D eigenvalue weighted by molar-refractivity contribution is -0.384. The van der Waals surface area contributed by atoms with Crippen LogP contribution in [0.5, 0.6) is 0 Å². The molecule has 1 fully saturated rings. The Morgan fingerprint density at radius 1 is 1.43 bits per heavy atom. The van der Waals surface area contributed by atoms with E-state index in [1.807, 2.05) is 0 Å². The highest BCUT2D eigenvalue weighted by molar-refractivity contribution is 5.57. The Kier molecular flexibility index (Phi) is 1.72. The molecule has 1 aromatic carbocycles. The number of rotatable bonds is 2. The van der Waals surface area contributed by atoms with E-state index in [4.69, 9.17) is 11.5 Å². The first-order valence-corrected chi connectivity index (χ1v) is 4.36. The summed E-state index contributed by atoms with van der Waals surface area (Å²) in [6, 6.07) is 4.46. The molecule has 0 spiro atoms. The van der Waals surface area contributed by atoms with Gasteiger partial charge in [0.1, 0.15) is 0 Å². The molecule has 0 aliphatic heterocycles. The number of nitrogens with zero attached hydrogens (tertiary/aromatic N) is 1. The van der Waals surface area contributed by atoms with Crippen LogP contribution in [0.25, 0.3) is 0 Å². The van der Waals surface area contributed by atoms with E-state index in [1.54, 1.807) is 6.07 Å². The Labute approximate surface area is 80.9 Å². The van der Waals surface area contributed by atoms with E-state index in [0.717, 1.165) is 18.4 Å². The first kappa shape index (κ1) is 8.96. The minimum Gasteiger partial charge on any atom is -0.398 e. The topological polar surface area (TPSA) is 95.2 Å². The molecule has 0 aromatic heterocycles. The van der Waals surface area contributed by atoms with Gasteiger partial charge < -0.3 is 11.5 Å². The van der Waals surface area contributed by atoms with Gasteiger partial charge in [0.25, 0.3) is 5.69 Å². The van der Waals surface area contributed by atoms with Crippen molar-refractivity contribution in [2.45, 2.75) is 18.4 Å². The molecule has 1 aliphatic carbocycles. The summed E-state index contributed by atoms with van der Waals surface area (Å²) in [7, 11) is 0. The Balaban J connectivity index is 2.41. The summed E-state index contributed by atoms with van der Waals surface area (Å²) < 4.78 is 0. The Morgan fingerprint density at radius 2 is 2.07 bits per heavy atom. The number of nitro groups is 1. The largest absolute Gasteiger partial charge is 0.398 e. The molecule has 1 aliphatic rings. The van der Waals surface area contributed by atoms with Crippen molar-refractivity contribution in [3.05, 3.63) is 33.9 Å². The molecule has 0 amide bonds. The van der Waals surface area contributed by atoms with Crippen molar-refractivity contribution in [3.63, 3.8) is 0 Å². The van der Waals surface area contributed by atoms with Crippen molar-refractivity contribution in [1.82, 2.24) is 0 Å². The third kappa shape index (κ3) is 1.31. The highest BCUT2D eigenvalue weighted by Gasteiger charge is 2.41. The predicted octanol–water partition coefficient (Wildman–Crippen LogP) is 1.12. The fourth-order valence-corrected chi connectivity index (χ4v) is 1.52. The summed E-state index contributed by atoms with van der Waals surface area (Å²) in [6.07, 6.45) is 1.80. The average Bonchev–Trinajstić information content (AvgIpc) is 2.84. The molecule has 14 heavy (non-hydrogen) atoms. The van der Waals surface area contributed by atoms with Gasteiger partial charge in [-0.15, -0.1) is 0 Å². The Hall–Kier alpha value is -1.62. The van der Waals surface area contributed by atoms with Crippen LogP contribution in [-0.4, -0.2) is 4.92 Å². The fourth-order valence-electron chi connectivity index (χ4n) is 1.52. The van der Waals surface area contributed by atoms with Crippen LogP contribution in [0.1, 0.15) is 18.4 Å². The van der Waals surface area contributed by atoms with E-state index in [-0.39, 0.29) is 11.2 Å². The molecule has 0 atom stereocenters. The number of hydrogen-bond donors (Lipinski definition) is 2. The predicted molar refractivity (Wildman–Crippen MR) is 52.6 cm³/mol. The second-order valence-electron chi connectivity index (χ2n) is 3.68. The van der Waals surface area contributed by atoms with E-state index in [1.165, 1.54) is 12.1 Å². The molecule has 0 unspecified atom stereocenters. The molecule has 5 nitrogen and oxygen atoms in total. The van der Waals surface area contributed by atoms with E-state index < -0.39 is 4.92 Å². The molecular weight excluding hydrogens is 182 g/mol. The fraction of sp³-hybridized carbons (Fsp3) is 0.333. The second kappa shape index (κ2) is 2.68. The summed E-state index contributed by atoms with van der Waals surface area (Å²) in [5.74, 6) is 0. The number of hydrogen-bond acceptors (Lipinski definition) is 4. The van der Waals surface area contributed by atoms with Crippen molar-refractivity contribution in [1.29, 1.82) is 0 Å². The molecule has 0 heterocycles. The number of benzene rings is 1. The van der Waals surface area contributed by atoms with Gasteiger partial charge in [0.2, 0.25) is 0 Å². The van der Waals surface area contributed by atoms with Crippen LogP contribution in [0.4, 0.5) is 11.4 Å². The highest BCUT2D eigenvalue weighted by atomic mass is 16.6. The van der Waals surface area contributed by atoms with E-state index >= 15 is 0 Å². The van der Waals surface area contributed by atoms with Crippen molar-refractivity contribution in [3.8, 4) is 0 Å². The molecular formula is C9H11N3O2. The van der Waals surface area contributed by atoms with Gasteiger partial charge in [-0.3, -0.25) is 10.1 Å². The zero-order valence-electron chi connectivity index (χ0n) is 7.56. The van der Waals surface area contributed by atoms with Crippen molar-refractivity contribution >= 4 is 11.4 Å². The van der Waals surface area contributed by atoms with Gasteiger partial charge in [-0.2, -0.15) is 0 Å². The summed E-state index contributed by atoms with van der Waals surface area (Å²) in [4.78, 5) is 9.99. The van der Waals surface area contributed by atoms with Crippen molar-refractivity contribution in [2.75, 3.05) is 5.73 Å². The second-order valence-corrected chi connectivity index (χ2v) is 3.68. The molecule has 1 aromatic rings. The highest BCUT2D eigenvalue weighted by Crippen LogP contribution is 2.45. The van der Waals surface area contributed by atoms with Crippen molar-refractivity contribution in [2.24, 2.45) is 5.73 Å². The van der Waals surface area contributed by atoms with Gasteiger partial charge in [0.15, 0.2) is 0 Å². The first-order valence-electron chi connectivity index (χ1n) is 4.36. The zero-order valence-corrected chi connectivity index (χ0v) is 7.56. The monoisotopic (exact) mass is 193 g/mol. The maximum atomic E-state index is 10.4. The molecule has 74 valence electrons. The number of nitrogen functional groups attached to an aromatic ring is 1. The quantitative estimate of drug-likeness (QED) is 0.418. The van der Waals surface area contributed by atoms with Gasteiger partial charge in [-0.05, 0) is 24.5 Å². The third-order valence-corrected chi connectivity index (χ3v) is 2.57. The minimum atomic E-state index is -0.462. The molecule has 5 heteroatoms. The number of non-ortho nitro benzene ring substituents is 1. The maximum absolute atomic E-state index is 10.4. The SMILES string of the molecule is Nc1cc([N+](=O)[O-])ccc1C1(N)CC1. The van der Waals surface area contributed by atoms with Gasteiger partial charge in [-0.1, -0.05) is 0 Å².